The summed E-state index contributed by atoms with van der Waals surface area (Å²) in [5.41, 5.74) is 2.09. The van der Waals surface area contributed by atoms with Crippen LogP contribution in [0.15, 0.2) is 30.6 Å². The Balaban J connectivity index is 1.31. The lowest BCUT2D eigenvalue weighted by Crippen LogP contribution is -2.43. The molecular formula is C31H33FN6O3. The van der Waals surface area contributed by atoms with Crippen LogP contribution in [0.1, 0.15) is 43.2 Å². The molecule has 3 aliphatic heterocycles. The number of benzene rings is 2. The molecule has 9 nitrogen and oxygen atoms in total. The van der Waals surface area contributed by atoms with Gasteiger partial charge in [0.05, 0.1) is 30.6 Å². The number of hydrogen-bond donors (Lipinski definition) is 1. The van der Waals surface area contributed by atoms with E-state index in [-0.39, 0.29) is 23.4 Å². The van der Waals surface area contributed by atoms with Crippen molar-refractivity contribution >= 4 is 27.9 Å². The van der Waals surface area contributed by atoms with Gasteiger partial charge in [-0.15, -0.1) is 6.42 Å². The van der Waals surface area contributed by atoms with Crippen molar-refractivity contribution in [2.75, 3.05) is 50.9 Å². The minimum atomic E-state index is -0.474. The minimum absolute atomic E-state index is 0.0621. The molecule has 1 N–H and O–H groups in total. The molecule has 3 aliphatic rings. The number of terminal acetylenes is 1. The van der Waals surface area contributed by atoms with Gasteiger partial charge in [0.25, 0.3) is 0 Å². The van der Waals surface area contributed by atoms with Crippen LogP contribution in [0.2, 0.25) is 0 Å². The van der Waals surface area contributed by atoms with E-state index in [0.717, 1.165) is 38.9 Å². The molecule has 0 radical (unpaired) electrons. The lowest BCUT2D eigenvalue weighted by molar-refractivity contribution is 0.111. The van der Waals surface area contributed by atoms with Crippen molar-refractivity contribution in [2.24, 2.45) is 0 Å². The largest absolute Gasteiger partial charge is 0.508 e. The zero-order chi connectivity index (χ0) is 28.0. The van der Waals surface area contributed by atoms with Crippen molar-refractivity contribution in [2.45, 2.75) is 44.2 Å². The van der Waals surface area contributed by atoms with Gasteiger partial charge in [0, 0.05) is 25.1 Å². The van der Waals surface area contributed by atoms with E-state index in [0.29, 0.717) is 65.7 Å². The first-order valence-electron chi connectivity index (χ1n) is 14.4. The highest BCUT2D eigenvalue weighted by Crippen LogP contribution is 2.40. The fourth-order valence-corrected chi connectivity index (χ4v) is 6.84. The molecule has 0 spiro atoms. The van der Waals surface area contributed by atoms with Crippen molar-refractivity contribution in [3.8, 4) is 24.0 Å². The normalized spacial score (nSPS) is 19.0. The van der Waals surface area contributed by atoms with Gasteiger partial charge in [-0.25, -0.2) is 9.37 Å². The highest BCUT2D eigenvalue weighted by atomic mass is 19.1. The number of phenols is 1. The monoisotopic (exact) mass is 556 g/mol. The van der Waals surface area contributed by atoms with E-state index in [9.17, 15) is 9.50 Å². The van der Waals surface area contributed by atoms with Crippen LogP contribution in [0.25, 0.3) is 21.9 Å². The van der Waals surface area contributed by atoms with Crippen LogP contribution in [0.4, 0.5) is 10.3 Å². The lowest BCUT2D eigenvalue weighted by atomic mass is 9.95. The second kappa shape index (κ2) is 10.5. The maximum atomic E-state index is 14.7. The topological polar surface area (TPSA) is 88.8 Å². The predicted molar refractivity (Wildman–Crippen MR) is 154 cm³/mol. The Bertz CT molecular complexity index is 1650. The summed E-state index contributed by atoms with van der Waals surface area (Å²) in [7, 11) is 0. The molecule has 0 amide bonds. The smallest absolute Gasteiger partial charge is 0.247 e. The molecule has 0 unspecified atom stereocenters. The summed E-state index contributed by atoms with van der Waals surface area (Å²) in [4.78, 5) is 19.2. The highest BCUT2D eigenvalue weighted by Gasteiger charge is 2.45. The molecule has 0 atom stereocenters. The molecule has 212 valence electrons. The number of nitrogens with zero attached hydrogens (tertiary/aromatic N) is 6. The molecular weight excluding hydrogens is 523 g/mol. The van der Waals surface area contributed by atoms with Crippen LogP contribution in [0.5, 0.6) is 11.6 Å². The number of fused-ring (bicyclic) bond motifs is 3. The van der Waals surface area contributed by atoms with Crippen molar-refractivity contribution in [1.29, 1.82) is 0 Å². The number of ether oxygens (including phenoxy) is 2. The minimum Gasteiger partial charge on any atom is -0.508 e. The van der Waals surface area contributed by atoms with E-state index >= 15 is 0 Å². The van der Waals surface area contributed by atoms with Crippen LogP contribution < -0.4 is 9.64 Å². The number of rotatable bonds is 6. The summed E-state index contributed by atoms with van der Waals surface area (Å²) in [6.07, 6.45) is 12.9. The van der Waals surface area contributed by atoms with Crippen molar-refractivity contribution in [3.63, 3.8) is 0 Å². The molecule has 0 bridgehead atoms. The zero-order valence-electron chi connectivity index (χ0n) is 23.0. The van der Waals surface area contributed by atoms with Gasteiger partial charge in [0.1, 0.15) is 18.2 Å². The number of aromatic nitrogens is 4. The third kappa shape index (κ3) is 4.63. The molecule has 3 fully saturated rings. The zero-order valence-corrected chi connectivity index (χ0v) is 23.0. The molecule has 3 saturated heterocycles. The SMILES string of the molecule is C#Cc1c(F)ccc2cc(O)cc(Cn3cnc4c(OCC56CCCN5CCC6)nc(N5CCCOCC5)nc43)c12. The van der Waals surface area contributed by atoms with E-state index in [1.54, 1.807) is 24.5 Å². The van der Waals surface area contributed by atoms with Gasteiger partial charge in [-0.1, -0.05) is 12.0 Å². The Morgan fingerprint density at radius 2 is 1.93 bits per heavy atom. The van der Waals surface area contributed by atoms with Crippen molar-refractivity contribution in [3.05, 3.63) is 47.5 Å². The third-order valence-corrected chi connectivity index (χ3v) is 8.83. The van der Waals surface area contributed by atoms with Gasteiger partial charge in [-0.3, -0.25) is 4.90 Å². The molecule has 0 saturated carbocycles. The Morgan fingerprint density at radius 3 is 2.76 bits per heavy atom. The van der Waals surface area contributed by atoms with E-state index in [1.165, 1.54) is 18.9 Å². The second-order valence-corrected chi connectivity index (χ2v) is 11.3. The number of phenolic OH excluding ortho intramolecular Hbond substituents is 1. The molecule has 41 heavy (non-hydrogen) atoms. The van der Waals surface area contributed by atoms with Gasteiger partial charge < -0.3 is 24.0 Å². The maximum Gasteiger partial charge on any atom is 0.247 e. The standard InChI is InChI=1S/C31H33FN6O3/c1-2-24-25(32)7-6-21-16-23(39)17-22(26(21)24)18-37-20-33-27-28(37)34-30(36-10-5-14-40-15-13-36)35-29(27)41-19-31-8-3-11-38(31)12-4-9-31/h1,6-7,16-17,20,39H,3-5,8-15,18-19H2. The van der Waals surface area contributed by atoms with Gasteiger partial charge in [-0.2, -0.15) is 9.97 Å². The lowest BCUT2D eigenvalue weighted by Gasteiger charge is -2.31. The van der Waals surface area contributed by atoms with Crippen LogP contribution >= 0.6 is 0 Å². The predicted octanol–water partition coefficient (Wildman–Crippen LogP) is 4.09. The first-order chi connectivity index (χ1) is 20.0. The molecule has 5 heterocycles. The van der Waals surface area contributed by atoms with E-state index in [4.69, 9.17) is 25.9 Å². The summed E-state index contributed by atoms with van der Waals surface area (Å²) < 4.78 is 28.8. The van der Waals surface area contributed by atoms with Crippen molar-refractivity contribution < 1.29 is 19.0 Å². The van der Waals surface area contributed by atoms with Crippen molar-refractivity contribution in [1.82, 2.24) is 24.4 Å². The van der Waals surface area contributed by atoms with E-state index in [1.807, 2.05) is 4.57 Å². The summed E-state index contributed by atoms with van der Waals surface area (Å²) in [6.45, 7) is 5.84. The number of hydrogen-bond acceptors (Lipinski definition) is 8. The highest BCUT2D eigenvalue weighted by molar-refractivity contribution is 5.92. The van der Waals surface area contributed by atoms with Gasteiger partial charge in [-0.05, 0) is 74.3 Å². The number of imidazole rings is 1. The Morgan fingerprint density at radius 1 is 1.07 bits per heavy atom. The number of aromatic hydroxyl groups is 1. The fraction of sp³-hybridized carbons (Fsp3) is 0.452. The Kier molecular flexibility index (Phi) is 6.64. The fourth-order valence-electron chi connectivity index (χ4n) is 6.84. The number of anilines is 1. The summed E-state index contributed by atoms with van der Waals surface area (Å²) in [5, 5.41) is 11.7. The van der Waals surface area contributed by atoms with Crippen LogP contribution in [-0.2, 0) is 11.3 Å². The van der Waals surface area contributed by atoms with Gasteiger partial charge in [0.15, 0.2) is 11.2 Å². The van der Waals surface area contributed by atoms with Crippen LogP contribution in [0.3, 0.4) is 0 Å². The Labute approximate surface area is 237 Å². The van der Waals surface area contributed by atoms with Gasteiger partial charge >= 0.3 is 0 Å². The number of halogens is 1. The molecule has 4 aromatic rings. The van der Waals surface area contributed by atoms with Crippen LogP contribution in [-0.4, -0.2) is 81.1 Å². The molecule has 2 aromatic carbocycles. The molecule has 10 heteroatoms. The second-order valence-electron chi connectivity index (χ2n) is 11.3. The average Bonchev–Trinajstić information content (AvgIpc) is 3.60. The first kappa shape index (κ1) is 26.0. The molecule has 7 rings (SSSR count). The quantitative estimate of drug-likeness (QED) is 0.356. The van der Waals surface area contributed by atoms with E-state index in [2.05, 4.69) is 20.7 Å². The molecule has 0 aliphatic carbocycles. The van der Waals surface area contributed by atoms with Crippen LogP contribution in [0, 0.1) is 18.2 Å². The third-order valence-electron chi connectivity index (χ3n) is 8.83. The Hall–Kier alpha value is -3.94. The maximum absolute atomic E-state index is 14.7. The summed E-state index contributed by atoms with van der Waals surface area (Å²) in [6, 6.07) is 6.17. The van der Waals surface area contributed by atoms with E-state index < -0.39 is 5.82 Å². The average molecular weight is 557 g/mol. The molecule has 2 aromatic heterocycles. The summed E-state index contributed by atoms with van der Waals surface area (Å²) >= 11 is 0. The summed E-state index contributed by atoms with van der Waals surface area (Å²) in [5.74, 6) is 3.14. The first-order valence-corrected chi connectivity index (χ1v) is 14.4. The van der Waals surface area contributed by atoms with Gasteiger partial charge in [0.2, 0.25) is 11.8 Å².